The number of piperidine rings is 1. The molecule has 2 atom stereocenters. The van der Waals surface area contributed by atoms with Gasteiger partial charge in [-0.15, -0.1) is 0 Å². The van der Waals surface area contributed by atoms with Crippen molar-refractivity contribution in [2.45, 2.75) is 44.3 Å². The van der Waals surface area contributed by atoms with Gasteiger partial charge < -0.3 is 0 Å². The van der Waals surface area contributed by atoms with Crippen LogP contribution in [-0.4, -0.2) is 31.6 Å². The SMILES string of the molecule is C1=C(c2cnc3ccnn3c2)CC2CCCC1N2Cc1ccccc1. The third kappa shape index (κ3) is 2.76. The van der Waals surface area contributed by atoms with Gasteiger partial charge in [-0.3, -0.25) is 4.90 Å². The van der Waals surface area contributed by atoms with Gasteiger partial charge >= 0.3 is 0 Å². The first-order valence-electron chi connectivity index (χ1n) is 9.17. The Bertz CT molecular complexity index is 912. The molecule has 25 heavy (non-hydrogen) atoms. The van der Waals surface area contributed by atoms with E-state index in [1.807, 2.05) is 16.8 Å². The topological polar surface area (TPSA) is 33.4 Å². The molecule has 1 saturated heterocycles. The second-order valence-electron chi connectivity index (χ2n) is 7.18. The lowest BCUT2D eigenvalue weighted by Gasteiger charge is -2.45. The number of rotatable bonds is 3. The maximum Gasteiger partial charge on any atom is 0.154 e. The summed E-state index contributed by atoms with van der Waals surface area (Å²) in [5.74, 6) is 0. The van der Waals surface area contributed by atoms with Crippen molar-refractivity contribution >= 4 is 11.2 Å². The first-order valence-corrected chi connectivity index (χ1v) is 9.17. The van der Waals surface area contributed by atoms with Crippen molar-refractivity contribution in [1.82, 2.24) is 19.5 Å². The molecule has 3 aromatic rings. The van der Waals surface area contributed by atoms with E-state index in [0.717, 1.165) is 18.6 Å². The third-order valence-corrected chi connectivity index (χ3v) is 5.61. The minimum Gasteiger partial charge on any atom is -0.289 e. The third-order valence-electron chi connectivity index (χ3n) is 5.61. The van der Waals surface area contributed by atoms with Gasteiger partial charge in [0.2, 0.25) is 0 Å². The number of benzene rings is 1. The van der Waals surface area contributed by atoms with Gasteiger partial charge in [-0.05, 0) is 30.4 Å². The molecule has 0 radical (unpaired) electrons. The van der Waals surface area contributed by atoms with Crippen LogP contribution in [0.3, 0.4) is 0 Å². The molecule has 0 saturated carbocycles. The summed E-state index contributed by atoms with van der Waals surface area (Å²) in [7, 11) is 0. The Morgan fingerprint density at radius 2 is 2.00 bits per heavy atom. The van der Waals surface area contributed by atoms with E-state index >= 15 is 0 Å². The van der Waals surface area contributed by atoms with Crippen LogP contribution < -0.4 is 0 Å². The molecule has 0 aliphatic carbocycles. The molecule has 2 unspecified atom stereocenters. The molecule has 2 aromatic heterocycles. The highest BCUT2D eigenvalue weighted by Gasteiger charge is 2.34. The Balaban J connectivity index is 1.45. The average molecular weight is 330 g/mol. The summed E-state index contributed by atoms with van der Waals surface area (Å²) in [5.41, 5.74) is 4.97. The van der Waals surface area contributed by atoms with Crippen LogP contribution in [0.15, 0.2) is 61.1 Å². The highest BCUT2D eigenvalue weighted by molar-refractivity contribution is 5.67. The molecule has 2 aliphatic heterocycles. The lowest BCUT2D eigenvalue weighted by molar-refractivity contribution is 0.0951. The van der Waals surface area contributed by atoms with Gasteiger partial charge in [0, 0.05) is 42.7 Å². The van der Waals surface area contributed by atoms with Crippen LogP contribution in [0.2, 0.25) is 0 Å². The van der Waals surface area contributed by atoms with Gasteiger partial charge in [0.05, 0.1) is 6.20 Å². The summed E-state index contributed by atoms with van der Waals surface area (Å²) in [4.78, 5) is 7.24. The number of aromatic nitrogens is 3. The molecule has 4 nitrogen and oxygen atoms in total. The predicted octanol–water partition coefficient (Wildman–Crippen LogP) is 3.94. The number of hydrogen-bond acceptors (Lipinski definition) is 3. The van der Waals surface area contributed by atoms with Gasteiger partial charge in [-0.2, -0.15) is 5.10 Å². The van der Waals surface area contributed by atoms with Crippen molar-refractivity contribution in [1.29, 1.82) is 0 Å². The van der Waals surface area contributed by atoms with Crippen molar-refractivity contribution in [2.24, 2.45) is 0 Å². The van der Waals surface area contributed by atoms with Crippen LogP contribution in [0.1, 0.15) is 36.8 Å². The largest absolute Gasteiger partial charge is 0.289 e. The lowest BCUT2D eigenvalue weighted by atomic mass is 9.83. The van der Waals surface area contributed by atoms with Gasteiger partial charge in [-0.25, -0.2) is 9.50 Å². The van der Waals surface area contributed by atoms with E-state index < -0.39 is 0 Å². The molecule has 0 amide bonds. The van der Waals surface area contributed by atoms with E-state index in [-0.39, 0.29) is 0 Å². The van der Waals surface area contributed by atoms with Crippen LogP contribution in [0, 0.1) is 0 Å². The molecule has 1 fully saturated rings. The minimum absolute atomic E-state index is 0.538. The molecule has 0 spiro atoms. The zero-order valence-electron chi connectivity index (χ0n) is 14.3. The highest BCUT2D eigenvalue weighted by atomic mass is 15.2. The Morgan fingerprint density at radius 1 is 1.08 bits per heavy atom. The summed E-state index contributed by atoms with van der Waals surface area (Å²) in [6.45, 7) is 1.05. The summed E-state index contributed by atoms with van der Waals surface area (Å²) in [5, 5.41) is 4.33. The van der Waals surface area contributed by atoms with Crippen LogP contribution in [0.4, 0.5) is 0 Å². The summed E-state index contributed by atoms with van der Waals surface area (Å²) < 4.78 is 1.88. The van der Waals surface area contributed by atoms with E-state index in [4.69, 9.17) is 0 Å². The van der Waals surface area contributed by atoms with Crippen LogP contribution in [-0.2, 0) is 6.54 Å². The maximum absolute atomic E-state index is 4.54. The zero-order valence-corrected chi connectivity index (χ0v) is 14.3. The summed E-state index contributed by atoms with van der Waals surface area (Å²) in [6.07, 6.45) is 13.4. The Labute approximate surface area is 147 Å². The van der Waals surface area contributed by atoms with E-state index in [9.17, 15) is 0 Å². The van der Waals surface area contributed by atoms with Crippen LogP contribution in [0.25, 0.3) is 11.2 Å². The Hall–Kier alpha value is -2.46. The minimum atomic E-state index is 0.538. The molecule has 5 rings (SSSR count). The number of fused-ring (bicyclic) bond motifs is 3. The van der Waals surface area contributed by atoms with Crippen molar-refractivity contribution in [3.8, 4) is 0 Å². The van der Waals surface area contributed by atoms with E-state index in [0.29, 0.717) is 12.1 Å². The summed E-state index contributed by atoms with van der Waals surface area (Å²) >= 11 is 0. The second-order valence-corrected chi connectivity index (χ2v) is 7.18. The normalized spacial score (nSPS) is 23.6. The summed E-state index contributed by atoms with van der Waals surface area (Å²) in [6, 6.07) is 14.0. The van der Waals surface area contributed by atoms with Gasteiger partial charge in [0.1, 0.15) is 0 Å². The fraction of sp³-hybridized carbons (Fsp3) is 0.333. The molecule has 126 valence electrons. The monoisotopic (exact) mass is 330 g/mol. The van der Waals surface area contributed by atoms with Crippen molar-refractivity contribution < 1.29 is 0 Å². The molecule has 2 bridgehead atoms. The van der Waals surface area contributed by atoms with Crippen molar-refractivity contribution in [2.75, 3.05) is 0 Å². The van der Waals surface area contributed by atoms with Gasteiger partial charge in [0.25, 0.3) is 0 Å². The van der Waals surface area contributed by atoms with E-state index in [1.165, 1.54) is 36.0 Å². The molecule has 2 aliphatic rings. The fourth-order valence-corrected chi connectivity index (χ4v) is 4.35. The zero-order chi connectivity index (χ0) is 16.6. The van der Waals surface area contributed by atoms with Crippen molar-refractivity contribution in [3.63, 3.8) is 0 Å². The predicted molar refractivity (Wildman–Crippen MR) is 99.0 cm³/mol. The first kappa shape index (κ1) is 14.8. The number of nitrogens with zero attached hydrogens (tertiary/aromatic N) is 4. The average Bonchev–Trinajstić information content (AvgIpc) is 3.10. The Kier molecular flexibility index (Phi) is 3.63. The fourth-order valence-electron chi connectivity index (χ4n) is 4.35. The lowest BCUT2D eigenvalue weighted by Crippen LogP contribution is -2.47. The van der Waals surface area contributed by atoms with Gasteiger partial charge in [0.15, 0.2) is 5.65 Å². The second kappa shape index (κ2) is 6.12. The standard InChI is InChI=1S/C21H22N4/c1-2-5-16(6-3-1)14-24-19-7-4-8-20(24)12-17(11-19)18-13-22-21-9-10-23-25(21)15-18/h1-3,5-6,9-11,13,15,19-20H,4,7-8,12,14H2. The van der Waals surface area contributed by atoms with E-state index in [1.54, 1.807) is 6.20 Å². The molecule has 4 heterocycles. The van der Waals surface area contributed by atoms with Gasteiger partial charge in [-0.1, -0.05) is 42.8 Å². The first-order chi connectivity index (χ1) is 12.4. The van der Waals surface area contributed by atoms with Crippen molar-refractivity contribution in [3.05, 3.63) is 72.2 Å². The quantitative estimate of drug-likeness (QED) is 0.729. The van der Waals surface area contributed by atoms with E-state index in [2.05, 4.69) is 57.6 Å². The van der Waals surface area contributed by atoms with Crippen LogP contribution in [0.5, 0.6) is 0 Å². The molecule has 1 aromatic carbocycles. The molecule has 4 heteroatoms. The number of hydrogen-bond donors (Lipinski definition) is 0. The highest BCUT2D eigenvalue weighted by Crippen LogP contribution is 2.37. The molecule has 0 N–H and O–H groups in total. The Morgan fingerprint density at radius 3 is 2.88 bits per heavy atom. The molecular formula is C21H22N4. The smallest absolute Gasteiger partial charge is 0.154 e. The maximum atomic E-state index is 4.54. The van der Waals surface area contributed by atoms with Crippen LogP contribution >= 0.6 is 0 Å². The molecular weight excluding hydrogens is 308 g/mol.